The first-order valence-corrected chi connectivity index (χ1v) is 8.35. The molecule has 5 nitrogen and oxygen atoms in total. The molecule has 1 aliphatic heterocycles. The lowest BCUT2D eigenvalue weighted by molar-refractivity contribution is -0.117. The topological polar surface area (TPSA) is 59.2 Å². The Morgan fingerprint density at radius 2 is 2.09 bits per heavy atom. The molecule has 1 saturated heterocycles. The van der Waals surface area contributed by atoms with Gasteiger partial charge in [-0.05, 0) is 36.5 Å². The molecular weight excluding hydrogens is 290 g/mol. The second-order valence-corrected chi connectivity index (χ2v) is 6.92. The molecule has 4 rings (SSSR count). The molecule has 0 spiro atoms. The Balaban J connectivity index is 1.54. The Bertz CT molecular complexity index is 733. The molecule has 5 heteroatoms. The van der Waals surface area contributed by atoms with Gasteiger partial charge in [-0.2, -0.15) is 4.98 Å². The maximum absolute atomic E-state index is 12.4. The first-order chi connectivity index (χ1) is 11.1. The van der Waals surface area contributed by atoms with E-state index in [2.05, 4.69) is 36.1 Å². The average Bonchev–Trinajstić information content (AvgIpc) is 3.14. The van der Waals surface area contributed by atoms with Gasteiger partial charge in [-0.1, -0.05) is 31.1 Å². The third-order valence-corrected chi connectivity index (χ3v) is 4.72. The van der Waals surface area contributed by atoms with Crippen LogP contribution in [0.5, 0.6) is 0 Å². The second kappa shape index (κ2) is 5.48. The van der Waals surface area contributed by atoms with Crippen LogP contribution in [0.3, 0.4) is 0 Å². The van der Waals surface area contributed by atoms with E-state index in [0.29, 0.717) is 30.7 Å². The fraction of sp³-hybridized carbons (Fsp3) is 0.500. The summed E-state index contributed by atoms with van der Waals surface area (Å²) in [6.07, 6.45) is 2.74. The Kier molecular flexibility index (Phi) is 3.43. The van der Waals surface area contributed by atoms with Gasteiger partial charge in [-0.15, -0.1) is 0 Å². The van der Waals surface area contributed by atoms with Gasteiger partial charge in [-0.25, -0.2) is 0 Å². The standard InChI is InChI=1S/C18H21N3O2/c1-11(2)13-4-3-5-15(8-13)21-10-14(9-16(21)22)18-19-17(20-23-18)12-6-7-12/h3-5,8,11-12,14H,6-7,9-10H2,1-2H3. The van der Waals surface area contributed by atoms with E-state index in [1.165, 1.54) is 5.56 Å². The zero-order valence-electron chi connectivity index (χ0n) is 13.5. The van der Waals surface area contributed by atoms with Gasteiger partial charge in [-0.3, -0.25) is 4.79 Å². The molecule has 2 aromatic rings. The van der Waals surface area contributed by atoms with Crippen molar-refractivity contribution in [1.29, 1.82) is 0 Å². The summed E-state index contributed by atoms with van der Waals surface area (Å²) in [5.41, 5.74) is 2.21. The van der Waals surface area contributed by atoms with Crippen LogP contribution in [0.1, 0.15) is 68.1 Å². The van der Waals surface area contributed by atoms with Crippen LogP contribution in [0.4, 0.5) is 5.69 Å². The van der Waals surface area contributed by atoms with Crippen LogP contribution in [0.2, 0.25) is 0 Å². The molecule has 2 heterocycles. The minimum Gasteiger partial charge on any atom is -0.339 e. The largest absolute Gasteiger partial charge is 0.339 e. The van der Waals surface area contributed by atoms with E-state index in [9.17, 15) is 4.79 Å². The predicted octanol–water partition coefficient (Wildman–Crippen LogP) is 3.59. The molecule has 120 valence electrons. The summed E-state index contributed by atoms with van der Waals surface area (Å²) < 4.78 is 5.40. The molecular formula is C18H21N3O2. The number of nitrogens with zero attached hydrogens (tertiary/aromatic N) is 3. The van der Waals surface area contributed by atoms with Gasteiger partial charge in [0.25, 0.3) is 0 Å². The van der Waals surface area contributed by atoms with Gasteiger partial charge in [0.1, 0.15) is 0 Å². The highest BCUT2D eigenvalue weighted by atomic mass is 16.5. The third kappa shape index (κ3) is 2.76. The number of hydrogen-bond acceptors (Lipinski definition) is 4. The summed E-state index contributed by atoms with van der Waals surface area (Å²) in [6, 6.07) is 8.22. The van der Waals surface area contributed by atoms with Gasteiger partial charge in [0.2, 0.25) is 11.8 Å². The van der Waals surface area contributed by atoms with Gasteiger partial charge >= 0.3 is 0 Å². The molecule has 0 bridgehead atoms. The van der Waals surface area contributed by atoms with Crippen LogP contribution in [0.15, 0.2) is 28.8 Å². The van der Waals surface area contributed by atoms with Crippen molar-refractivity contribution < 1.29 is 9.32 Å². The predicted molar refractivity (Wildman–Crippen MR) is 86.5 cm³/mol. The van der Waals surface area contributed by atoms with Crippen LogP contribution in [-0.2, 0) is 4.79 Å². The SMILES string of the molecule is CC(C)c1cccc(N2CC(c3nc(C4CC4)no3)CC2=O)c1. The number of aromatic nitrogens is 2. The summed E-state index contributed by atoms with van der Waals surface area (Å²) in [7, 11) is 0. The quantitative estimate of drug-likeness (QED) is 0.865. The van der Waals surface area contributed by atoms with E-state index in [-0.39, 0.29) is 11.8 Å². The van der Waals surface area contributed by atoms with Crippen LogP contribution in [-0.4, -0.2) is 22.6 Å². The lowest BCUT2D eigenvalue weighted by Gasteiger charge is -2.18. The highest BCUT2D eigenvalue weighted by Crippen LogP contribution is 2.39. The minimum atomic E-state index is 0.00482. The number of anilines is 1. The Labute approximate surface area is 135 Å². The van der Waals surface area contributed by atoms with Gasteiger partial charge in [0, 0.05) is 24.6 Å². The third-order valence-electron chi connectivity index (χ3n) is 4.72. The average molecular weight is 311 g/mol. The number of amides is 1. The van der Waals surface area contributed by atoms with E-state index < -0.39 is 0 Å². The van der Waals surface area contributed by atoms with Crippen molar-refractivity contribution in [2.24, 2.45) is 0 Å². The molecule has 1 unspecified atom stereocenters. The molecule has 1 amide bonds. The van der Waals surface area contributed by atoms with Gasteiger partial charge in [0.15, 0.2) is 5.82 Å². The Morgan fingerprint density at radius 1 is 1.26 bits per heavy atom. The van der Waals surface area contributed by atoms with Gasteiger partial charge in [0.05, 0.1) is 5.92 Å². The van der Waals surface area contributed by atoms with Crippen molar-refractivity contribution >= 4 is 11.6 Å². The van der Waals surface area contributed by atoms with E-state index >= 15 is 0 Å². The highest BCUT2D eigenvalue weighted by molar-refractivity contribution is 5.96. The van der Waals surface area contributed by atoms with Crippen molar-refractivity contribution in [1.82, 2.24) is 10.1 Å². The number of rotatable bonds is 4. The van der Waals surface area contributed by atoms with E-state index in [0.717, 1.165) is 24.4 Å². The van der Waals surface area contributed by atoms with E-state index in [1.54, 1.807) is 0 Å². The first kappa shape index (κ1) is 14.4. The molecule has 2 fully saturated rings. The smallest absolute Gasteiger partial charge is 0.232 e. The van der Waals surface area contributed by atoms with Crippen LogP contribution in [0, 0.1) is 0 Å². The monoisotopic (exact) mass is 311 g/mol. The van der Waals surface area contributed by atoms with Crippen LogP contribution < -0.4 is 4.90 Å². The molecule has 0 N–H and O–H groups in total. The zero-order chi connectivity index (χ0) is 16.0. The Morgan fingerprint density at radius 3 is 2.83 bits per heavy atom. The molecule has 1 aromatic carbocycles. The fourth-order valence-corrected chi connectivity index (χ4v) is 3.09. The number of carbonyl (C=O) groups is 1. The van der Waals surface area contributed by atoms with E-state index in [4.69, 9.17) is 4.52 Å². The van der Waals surface area contributed by atoms with E-state index in [1.807, 2.05) is 17.0 Å². The molecule has 2 aliphatic rings. The Hall–Kier alpha value is -2.17. The molecule has 0 radical (unpaired) electrons. The maximum Gasteiger partial charge on any atom is 0.232 e. The fourth-order valence-electron chi connectivity index (χ4n) is 3.09. The first-order valence-electron chi connectivity index (χ1n) is 8.35. The molecule has 23 heavy (non-hydrogen) atoms. The van der Waals surface area contributed by atoms with Crippen LogP contribution in [0.25, 0.3) is 0 Å². The molecule has 1 aromatic heterocycles. The number of hydrogen-bond donors (Lipinski definition) is 0. The minimum absolute atomic E-state index is 0.00482. The lowest BCUT2D eigenvalue weighted by Crippen LogP contribution is -2.24. The normalized spacial score (nSPS) is 21.4. The van der Waals surface area contributed by atoms with Crippen molar-refractivity contribution in [3.05, 3.63) is 41.5 Å². The summed E-state index contributed by atoms with van der Waals surface area (Å²) in [5, 5.41) is 4.07. The van der Waals surface area contributed by atoms with Crippen molar-refractivity contribution in [2.45, 2.75) is 50.9 Å². The molecule has 1 atom stereocenters. The lowest BCUT2D eigenvalue weighted by atomic mass is 10.0. The summed E-state index contributed by atoms with van der Waals surface area (Å²) in [5.74, 6) is 2.48. The van der Waals surface area contributed by atoms with Crippen LogP contribution >= 0.6 is 0 Å². The van der Waals surface area contributed by atoms with Crippen molar-refractivity contribution in [3.63, 3.8) is 0 Å². The zero-order valence-corrected chi connectivity index (χ0v) is 13.5. The number of benzene rings is 1. The second-order valence-electron chi connectivity index (χ2n) is 6.92. The van der Waals surface area contributed by atoms with Crippen molar-refractivity contribution in [2.75, 3.05) is 11.4 Å². The van der Waals surface area contributed by atoms with Crippen molar-refractivity contribution in [3.8, 4) is 0 Å². The molecule has 1 aliphatic carbocycles. The molecule has 1 saturated carbocycles. The summed E-state index contributed by atoms with van der Waals surface area (Å²) in [6.45, 7) is 4.93. The van der Waals surface area contributed by atoms with Gasteiger partial charge < -0.3 is 9.42 Å². The highest BCUT2D eigenvalue weighted by Gasteiger charge is 2.36. The summed E-state index contributed by atoms with van der Waals surface area (Å²) >= 11 is 0. The summed E-state index contributed by atoms with van der Waals surface area (Å²) in [4.78, 5) is 18.8. The maximum atomic E-state index is 12.4. The number of carbonyl (C=O) groups excluding carboxylic acids is 1.